The average molecular weight is 238 g/mol. The van der Waals surface area contributed by atoms with Crippen LogP contribution in [0.3, 0.4) is 0 Å². The Balaban J connectivity index is 2.32. The largest absolute Gasteiger partial charge is 0.358 e. The SMILES string of the molecule is CCN(CCCCl)c1cccc2nccn12. The van der Waals surface area contributed by atoms with Gasteiger partial charge in [0.2, 0.25) is 0 Å². The van der Waals surface area contributed by atoms with Crippen molar-refractivity contribution in [1.29, 1.82) is 0 Å². The van der Waals surface area contributed by atoms with Gasteiger partial charge in [0.05, 0.1) is 0 Å². The molecule has 0 N–H and O–H groups in total. The molecule has 2 aromatic rings. The predicted molar refractivity (Wildman–Crippen MR) is 68.4 cm³/mol. The third kappa shape index (κ3) is 2.14. The van der Waals surface area contributed by atoms with E-state index in [9.17, 15) is 0 Å². The topological polar surface area (TPSA) is 20.5 Å². The summed E-state index contributed by atoms with van der Waals surface area (Å²) >= 11 is 5.74. The Morgan fingerprint density at radius 2 is 2.31 bits per heavy atom. The molecule has 0 amide bonds. The Hall–Kier alpha value is -1.22. The highest BCUT2D eigenvalue weighted by Gasteiger charge is 2.07. The molecule has 86 valence electrons. The normalized spacial score (nSPS) is 10.9. The van der Waals surface area contributed by atoms with Crippen molar-refractivity contribution in [3.8, 4) is 0 Å². The monoisotopic (exact) mass is 237 g/mol. The lowest BCUT2D eigenvalue weighted by Crippen LogP contribution is -2.26. The van der Waals surface area contributed by atoms with Crippen LogP contribution in [0.2, 0.25) is 0 Å². The summed E-state index contributed by atoms with van der Waals surface area (Å²) in [5.41, 5.74) is 0.988. The van der Waals surface area contributed by atoms with Gasteiger partial charge in [0.25, 0.3) is 0 Å². The molecule has 0 aliphatic heterocycles. The molecule has 2 rings (SSSR count). The van der Waals surface area contributed by atoms with E-state index in [1.165, 1.54) is 5.82 Å². The summed E-state index contributed by atoms with van der Waals surface area (Å²) in [6, 6.07) is 6.17. The molecule has 0 saturated heterocycles. The van der Waals surface area contributed by atoms with Crippen molar-refractivity contribution in [3.05, 3.63) is 30.6 Å². The van der Waals surface area contributed by atoms with Crippen molar-refractivity contribution in [2.24, 2.45) is 0 Å². The lowest BCUT2D eigenvalue weighted by atomic mass is 10.3. The highest BCUT2D eigenvalue weighted by molar-refractivity contribution is 6.17. The van der Waals surface area contributed by atoms with Gasteiger partial charge in [0, 0.05) is 31.4 Å². The van der Waals surface area contributed by atoms with Crippen LogP contribution in [0.15, 0.2) is 30.6 Å². The smallest absolute Gasteiger partial charge is 0.138 e. The zero-order valence-corrected chi connectivity index (χ0v) is 10.2. The van der Waals surface area contributed by atoms with E-state index in [2.05, 4.69) is 27.3 Å². The summed E-state index contributed by atoms with van der Waals surface area (Å²) < 4.78 is 2.11. The molecular formula is C12H16ClN3. The van der Waals surface area contributed by atoms with Crippen LogP contribution in [0.1, 0.15) is 13.3 Å². The first-order chi connectivity index (χ1) is 7.86. The van der Waals surface area contributed by atoms with Crippen molar-refractivity contribution in [2.45, 2.75) is 13.3 Å². The maximum absolute atomic E-state index is 5.74. The molecule has 0 aliphatic carbocycles. The van der Waals surface area contributed by atoms with Crippen molar-refractivity contribution < 1.29 is 0 Å². The number of pyridine rings is 1. The number of hydrogen-bond donors (Lipinski definition) is 0. The highest BCUT2D eigenvalue weighted by atomic mass is 35.5. The summed E-state index contributed by atoms with van der Waals surface area (Å²) in [6.45, 7) is 4.12. The first-order valence-corrected chi connectivity index (χ1v) is 6.13. The van der Waals surface area contributed by atoms with E-state index in [1.807, 2.05) is 24.5 Å². The van der Waals surface area contributed by atoms with Gasteiger partial charge in [-0.15, -0.1) is 11.6 Å². The van der Waals surface area contributed by atoms with Gasteiger partial charge in [-0.3, -0.25) is 4.40 Å². The second-order valence-corrected chi connectivity index (χ2v) is 4.04. The van der Waals surface area contributed by atoms with Crippen molar-refractivity contribution >= 4 is 23.1 Å². The number of aromatic nitrogens is 2. The molecular weight excluding hydrogens is 222 g/mol. The van der Waals surface area contributed by atoms with Gasteiger partial charge >= 0.3 is 0 Å². The fourth-order valence-corrected chi connectivity index (χ4v) is 2.00. The Morgan fingerprint density at radius 3 is 3.06 bits per heavy atom. The summed E-state index contributed by atoms with van der Waals surface area (Å²) in [5, 5.41) is 0. The van der Waals surface area contributed by atoms with Gasteiger partial charge < -0.3 is 4.90 Å². The standard InChI is InChI=1S/C12H16ClN3/c1-2-15(9-4-7-13)12-6-3-5-11-14-8-10-16(11)12/h3,5-6,8,10H,2,4,7,9H2,1H3. The van der Waals surface area contributed by atoms with Crippen LogP contribution in [-0.4, -0.2) is 28.4 Å². The molecule has 2 aromatic heterocycles. The van der Waals surface area contributed by atoms with E-state index in [4.69, 9.17) is 11.6 Å². The van der Waals surface area contributed by atoms with Gasteiger partial charge in [-0.25, -0.2) is 4.98 Å². The van der Waals surface area contributed by atoms with E-state index >= 15 is 0 Å². The number of fused-ring (bicyclic) bond motifs is 1. The number of rotatable bonds is 5. The van der Waals surface area contributed by atoms with Gasteiger partial charge in [-0.1, -0.05) is 6.07 Å². The predicted octanol–water partition coefficient (Wildman–Crippen LogP) is 2.79. The number of halogens is 1. The molecule has 0 aromatic carbocycles. The van der Waals surface area contributed by atoms with Crippen LogP contribution in [0.25, 0.3) is 5.65 Å². The zero-order chi connectivity index (χ0) is 11.4. The molecule has 4 heteroatoms. The fraction of sp³-hybridized carbons (Fsp3) is 0.417. The number of nitrogens with zero attached hydrogens (tertiary/aromatic N) is 3. The molecule has 0 atom stereocenters. The van der Waals surface area contributed by atoms with Gasteiger partial charge in [0.15, 0.2) is 0 Å². The molecule has 0 saturated carbocycles. The van der Waals surface area contributed by atoms with Gasteiger partial charge in [-0.2, -0.15) is 0 Å². The first-order valence-electron chi connectivity index (χ1n) is 5.59. The maximum Gasteiger partial charge on any atom is 0.138 e. The highest BCUT2D eigenvalue weighted by Crippen LogP contribution is 2.16. The minimum atomic E-state index is 0.705. The van der Waals surface area contributed by atoms with Crippen LogP contribution in [0, 0.1) is 0 Å². The minimum Gasteiger partial charge on any atom is -0.358 e. The molecule has 0 unspecified atom stereocenters. The number of anilines is 1. The van der Waals surface area contributed by atoms with E-state index in [0.717, 1.165) is 25.2 Å². The summed E-state index contributed by atoms with van der Waals surface area (Å²) in [5.74, 6) is 1.89. The lowest BCUT2D eigenvalue weighted by Gasteiger charge is -2.23. The molecule has 0 bridgehead atoms. The number of hydrogen-bond acceptors (Lipinski definition) is 2. The average Bonchev–Trinajstić information content (AvgIpc) is 2.78. The molecule has 0 radical (unpaired) electrons. The Labute approximate surface area is 101 Å². The molecule has 0 aliphatic rings. The number of alkyl halides is 1. The van der Waals surface area contributed by atoms with Crippen LogP contribution in [-0.2, 0) is 0 Å². The van der Waals surface area contributed by atoms with E-state index in [-0.39, 0.29) is 0 Å². The molecule has 3 nitrogen and oxygen atoms in total. The fourth-order valence-electron chi connectivity index (χ4n) is 1.88. The van der Waals surface area contributed by atoms with Crippen molar-refractivity contribution in [1.82, 2.24) is 9.38 Å². The Morgan fingerprint density at radius 1 is 1.44 bits per heavy atom. The summed E-state index contributed by atoms with van der Waals surface area (Å²) in [7, 11) is 0. The Kier molecular flexibility index (Phi) is 3.67. The van der Waals surface area contributed by atoms with Gasteiger partial charge in [-0.05, 0) is 25.5 Å². The minimum absolute atomic E-state index is 0.705. The molecule has 0 fully saturated rings. The van der Waals surface area contributed by atoms with Crippen LogP contribution >= 0.6 is 11.6 Å². The van der Waals surface area contributed by atoms with Crippen LogP contribution in [0.4, 0.5) is 5.82 Å². The number of imidazole rings is 1. The van der Waals surface area contributed by atoms with E-state index in [0.29, 0.717) is 5.88 Å². The zero-order valence-electron chi connectivity index (χ0n) is 9.43. The Bertz CT molecular complexity index is 452. The first kappa shape index (κ1) is 11.3. The molecule has 2 heterocycles. The summed E-state index contributed by atoms with van der Waals surface area (Å²) in [4.78, 5) is 6.60. The van der Waals surface area contributed by atoms with E-state index < -0.39 is 0 Å². The molecule has 16 heavy (non-hydrogen) atoms. The van der Waals surface area contributed by atoms with Crippen molar-refractivity contribution in [3.63, 3.8) is 0 Å². The lowest BCUT2D eigenvalue weighted by molar-refractivity contribution is 0.775. The summed E-state index contributed by atoms with van der Waals surface area (Å²) in [6.07, 6.45) is 4.82. The second-order valence-electron chi connectivity index (χ2n) is 3.66. The van der Waals surface area contributed by atoms with Gasteiger partial charge in [0.1, 0.15) is 11.5 Å². The molecule has 0 spiro atoms. The maximum atomic E-state index is 5.74. The third-order valence-corrected chi connectivity index (χ3v) is 2.94. The van der Waals surface area contributed by atoms with Crippen LogP contribution < -0.4 is 4.90 Å². The third-order valence-electron chi connectivity index (χ3n) is 2.67. The second kappa shape index (κ2) is 5.21. The quantitative estimate of drug-likeness (QED) is 0.746. The van der Waals surface area contributed by atoms with E-state index in [1.54, 1.807) is 0 Å². The van der Waals surface area contributed by atoms with Crippen LogP contribution in [0.5, 0.6) is 0 Å². The van der Waals surface area contributed by atoms with Crippen molar-refractivity contribution in [2.75, 3.05) is 23.9 Å².